The second kappa shape index (κ2) is 8.09. The second-order valence-corrected chi connectivity index (χ2v) is 6.49. The summed E-state index contributed by atoms with van der Waals surface area (Å²) in [4.78, 5) is 23.9. The topological polar surface area (TPSA) is 68.4 Å². The number of amides is 1. The van der Waals surface area contributed by atoms with E-state index < -0.39 is 5.82 Å². The van der Waals surface area contributed by atoms with Crippen LogP contribution in [0.2, 0.25) is 0 Å². The first kappa shape index (κ1) is 18.1. The van der Waals surface area contributed by atoms with Gasteiger partial charge in [-0.15, -0.1) is 5.10 Å². The predicted octanol–water partition coefficient (Wildman–Crippen LogP) is 2.62. The molecule has 1 aromatic carbocycles. The molecule has 0 saturated heterocycles. The van der Waals surface area contributed by atoms with Gasteiger partial charge in [-0.3, -0.25) is 9.20 Å². The molecule has 2 heterocycles. The Bertz CT molecular complexity index is 1030. The van der Waals surface area contributed by atoms with Gasteiger partial charge in [0.1, 0.15) is 5.82 Å². The first-order valence-electron chi connectivity index (χ1n) is 8.00. The number of nitrogens with one attached hydrogen (secondary N) is 1. The number of aryl methyl sites for hydroxylation is 1. The summed E-state index contributed by atoms with van der Waals surface area (Å²) < 4.78 is 17.2. The predicted molar refractivity (Wildman–Crippen MR) is 100 cm³/mol. The van der Waals surface area contributed by atoms with Crippen molar-refractivity contribution >= 4 is 33.6 Å². The van der Waals surface area contributed by atoms with E-state index in [0.29, 0.717) is 30.7 Å². The van der Waals surface area contributed by atoms with Gasteiger partial charge in [0.05, 0.1) is 0 Å². The van der Waals surface area contributed by atoms with Gasteiger partial charge < -0.3 is 5.32 Å². The molecule has 6 nitrogen and oxygen atoms in total. The molecule has 2 aromatic heterocycles. The van der Waals surface area contributed by atoms with E-state index in [1.165, 1.54) is 27.3 Å². The first-order chi connectivity index (χ1) is 12.5. The Balaban J connectivity index is 1.50. The highest BCUT2D eigenvalue weighted by Gasteiger charge is 2.05. The van der Waals surface area contributed by atoms with Crippen molar-refractivity contribution in [1.29, 1.82) is 0 Å². The Labute approximate surface area is 157 Å². The quantitative estimate of drug-likeness (QED) is 0.494. The summed E-state index contributed by atoms with van der Waals surface area (Å²) in [6.07, 6.45) is 4.91. The Morgan fingerprint density at radius 3 is 2.96 bits per heavy atom. The molecule has 0 aliphatic carbocycles. The van der Waals surface area contributed by atoms with Crippen LogP contribution in [0.5, 0.6) is 0 Å². The molecule has 0 bridgehead atoms. The normalized spacial score (nSPS) is 11.3. The van der Waals surface area contributed by atoms with Gasteiger partial charge in [-0.05, 0) is 42.8 Å². The summed E-state index contributed by atoms with van der Waals surface area (Å²) >= 11 is 3.26. The molecule has 0 aliphatic rings. The molecule has 1 amide bonds. The Morgan fingerprint density at radius 1 is 1.31 bits per heavy atom. The van der Waals surface area contributed by atoms with Gasteiger partial charge >= 0.3 is 5.69 Å². The van der Waals surface area contributed by atoms with Gasteiger partial charge in [0, 0.05) is 35.4 Å². The minimum Gasteiger partial charge on any atom is -0.352 e. The summed E-state index contributed by atoms with van der Waals surface area (Å²) in [6.45, 7) is 0.773. The summed E-state index contributed by atoms with van der Waals surface area (Å²) in [5, 5.41) is 6.92. The third-order valence-corrected chi connectivity index (χ3v) is 4.20. The van der Waals surface area contributed by atoms with Gasteiger partial charge in [0.15, 0.2) is 5.65 Å². The third kappa shape index (κ3) is 4.26. The highest BCUT2D eigenvalue weighted by atomic mass is 79.9. The van der Waals surface area contributed by atoms with Crippen molar-refractivity contribution in [1.82, 2.24) is 19.5 Å². The van der Waals surface area contributed by atoms with Crippen molar-refractivity contribution in [2.75, 3.05) is 6.54 Å². The molecule has 26 heavy (non-hydrogen) atoms. The number of rotatable bonds is 6. The van der Waals surface area contributed by atoms with Crippen molar-refractivity contribution in [3.8, 4) is 0 Å². The maximum Gasteiger partial charge on any atom is 0.350 e. The molecule has 3 rings (SSSR count). The van der Waals surface area contributed by atoms with Gasteiger partial charge in [0.25, 0.3) is 0 Å². The maximum absolute atomic E-state index is 13.6. The fourth-order valence-electron chi connectivity index (χ4n) is 2.42. The van der Waals surface area contributed by atoms with Crippen LogP contribution in [0.15, 0.2) is 57.9 Å². The largest absolute Gasteiger partial charge is 0.352 e. The van der Waals surface area contributed by atoms with E-state index in [9.17, 15) is 14.0 Å². The molecule has 0 saturated carbocycles. The fourth-order valence-corrected chi connectivity index (χ4v) is 2.80. The molecule has 0 aliphatic heterocycles. The van der Waals surface area contributed by atoms with Gasteiger partial charge in [-0.1, -0.05) is 22.0 Å². The van der Waals surface area contributed by atoms with E-state index >= 15 is 0 Å². The molecular formula is C18H16BrFN4O2. The fraction of sp³-hybridized carbons (Fsp3) is 0.167. The van der Waals surface area contributed by atoms with E-state index in [0.717, 1.165) is 4.47 Å². The molecule has 0 fully saturated rings. The zero-order chi connectivity index (χ0) is 18.5. The number of fused-ring (bicyclic) bond motifs is 1. The van der Waals surface area contributed by atoms with Gasteiger partial charge in [-0.25, -0.2) is 13.9 Å². The summed E-state index contributed by atoms with van der Waals surface area (Å²) in [7, 11) is 0. The number of benzene rings is 1. The van der Waals surface area contributed by atoms with E-state index in [4.69, 9.17) is 0 Å². The lowest BCUT2D eigenvalue weighted by atomic mass is 10.2. The average molecular weight is 419 g/mol. The molecule has 0 unspecified atom stereocenters. The number of carbonyl (C=O) groups excluding carboxylic acids is 1. The minimum atomic E-state index is -0.400. The zero-order valence-corrected chi connectivity index (χ0v) is 15.3. The number of halogens is 2. The molecule has 134 valence electrons. The van der Waals surface area contributed by atoms with Crippen molar-refractivity contribution in [3.63, 3.8) is 0 Å². The summed E-state index contributed by atoms with van der Waals surface area (Å²) in [6, 6.07) is 9.84. The molecule has 1 N–H and O–H groups in total. The number of aromatic nitrogens is 3. The van der Waals surface area contributed by atoms with E-state index in [-0.39, 0.29) is 11.6 Å². The zero-order valence-electron chi connectivity index (χ0n) is 13.7. The summed E-state index contributed by atoms with van der Waals surface area (Å²) in [5.41, 5.74) is 0.697. The molecule has 0 spiro atoms. The van der Waals surface area contributed by atoms with Gasteiger partial charge in [-0.2, -0.15) is 0 Å². The highest BCUT2D eigenvalue weighted by Crippen LogP contribution is 2.16. The summed E-state index contributed by atoms with van der Waals surface area (Å²) in [5.74, 6) is -0.727. The minimum absolute atomic E-state index is 0.211. The average Bonchev–Trinajstić information content (AvgIpc) is 2.96. The van der Waals surface area contributed by atoms with Crippen molar-refractivity contribution in [2.45, 2.75) is 13.0 Å². The Kier molecular flexibility index (Phi) is 5.62. The van der Waals surface area contributed by atoms with Crippen molar-refractivity contribution < 1.29 is 9.18 Å². The van der Waals surface area contributed by atoms with Gasteiger partial charge in [0.2, 0.25) is 5.91 Å². The molecular weight excluding hydrogens is 403 g/mol. The Hall–Kier alpha value is -2.74. The van der Waals surface area contributed by atoms with Crippen molar-refractivity contribution in [2.24, 2.45) is 0 Å². The van der Waals surface area contributed by atoms with Crippen LogP contribution >= 0.6 is 15.9 Å². The first-order valence-corrected chi connectivity index (χ1v) is 8.79. The number of hydrogen-bond donors (Lipinski definition) is 1. The Morgan fingerprint density at radius 2 is 2.15 bits per heavy atom. The number of hydrogen-bond acceptors (Lipinski definition) is 3. The van der Waals surface area contributed by atoms with E-state index in [2.05, 4.69) is 26.3 Å². The number of nitrogens with zero attached hydrogens (tertiary/aromatic N) is 3. The molecule has 8 heteroatoms. The highest BCUT2D eigenvalue weighted by molar-refractivity contribution is 9.10. The van der Waals surface area contributed by atoms with Crippen molar-refractivity contribution in [3.05, 3.63) is 75.0 Å². The maximum atomic E-state index is 13.6. The van der Waals surface area contributed by atoms with E-state index in [1.54, 1.807) is 30.5 Å². The third-order valence-electron chi connectivity index (χ3n) is 3.71. The van der Waals surface area contributed by atoms with Crippen LogP contribution in [0.25, 0.3) is 11.7 Å². The molecule has 0 atom stereocenters. The lowest BCUT2D eigenvalue weighted by Crippen LogP contribution is -2.26. The van der Waals surface area contributed by atoms with Crippen LogP contribution in [0.3, 0.4) is 0 Å². The molecule has 3 aromatic rings. The SMILES string of the molecule is O=C(/C=C/c1cc(Br)ccc1F)NCCCn1nc2ccccn2c1=O. The standard InChI is InChI=1S/C18H16BrFN4O2/c19-14-6-7-15(20)13(12-14)5-8-17(25)21-9-3-11-24-18(26)23-10-2-1-4-16(23)22-24/h1-2,4-8,10,12H,3,9,11H2,(H,21,25)/b8-5+. The van der Waals surface area contributed by atoms with Crippen LogP contribution < -0.4 is 11.0 Å². The lowest BCUT2D eigenvalue weighted by Gasteiger charge is -2.02. The van der Waals surface area contributed by atoms with Crippen LogP contribution in [0.1, 0.15) is 12.0 Å². The lowest BCUT2D eigenvalue weighted by molar-refractivity contribution is -0.116. The van der Waals surface area contributed by atoms with E-state index in [1.807, 2.05) is 6.07 Å². The molecule has 0 radical (unpaired) electrons. The monoisotopic (exact) mass is 418 g/mol. The van der Waals surface area contributed by atoms with Crippen LogP contribution in [-0.4, -0.2) is 26.6 Å². The van der Waals surface area contributed by atoms with Crippen LogP contribution in [0, 0.1) is 5.82 Å². The number of pyridine rings is 1. The van der Waals surface area contributed by atoms with Crippen LogP contribution in [-0.2, 0) is 11.3 Å². The second-order valence-electron chi connectivity index (χ2n) is 5.58. The smallest absolute Gasteiger partial charge is 0.350 e. The van der Waals surface area contributed by atoms with Crippen LogP contribution in [0.4, 0.5) is 4.39 Å². The number of carbonyl (C=O) groups is 1.